The van der Waals surface area contributed by atoms with E-state index in [-0.39, 0.29) is 5.91 Å². The summed E-state index contributed by atoms with van der Waals surface area (Å²) < 4.78 is 5.49. The Balaban J connectivity index is 1.51. The Hall–Kier alpha value is -3.29. The van der Waals surface area contributed by atoms with Crippen LogP contribution in [0, 0.1) is 0 Å². The van der Waals surface area contributed by atoms with E-state index in [1.165, 1.54) is 23.1 Å². The number of nitrogens with zero attached hydrogens (tertiary/aromatic N) is 1. The maximum Gasteiger partial charge on any atom is 0.244 e. The molecule has 7 heteroatoms. The average Bonchev–Trinajstić information content (AvgIpc) is 3.28. The lowest BCUT2D eigenvalue weighted by Gasteiger charge is -2.16. The van der Waals surface area contributed by atoms with Crippen LogP contribution < -0.4 is 15.8 Å². The van der Waals surface area contributed by atoms with Gasteiger partial charge < -0.3 is 15.8 Å². The summed E-state index contributed by atoms with van der Waals surface area (Å²) in [5, 5.41) is 5.08. The predicted molar refractivity (Wildman–Crippen MR) is 133 cm³/mol. The van der Waals surface area contributed by atoms with Gasteiger partial charge in [-0.05, 0) is 61.0 Å². The number of nitrogens with two attached hydrogens (primary N) is 1. The van der Waals surface area contributed by atoms with Crippen molar-refractivity contribution in [3.05, 3.63) is 89.8 Å². The van der Waals surface area contributed by atoms with Crippen molar-refractivity contribution in [1.29, 1.82) is 0 Å². The first-order valence-electron chi connectivity index (χ1n) is 10.2. The van der Waals surface area contributed by atoms with E-state index >= 15 is 0 Å². The van der Waals surface area contributed by atoms with Crippen LogP contribution in [0.3, 0.4) is 0 Å². The van der Waals surface area contributed by atoms with Crippen molar-refractivity contribution in [2.75, 3.05) is 17.7 Å². The Kier molecular flexibility index (Phi) is 7.09. The number of hydrogen-bond acceptors (Lipinski definition) is 6. The Morgan fingerprint density at radius 2 is 1.78 bits per heavy atom. The van der Waals surface area contributed by atoms with Crippen LogP contribution in [-0.2, 0) is 4.79 Å². The second kappa shape index (κ2) is 10.3. The van der Waals surface area contributed by atoms with Crippen molar-refractivity contribution in [3.63, 3.8) is 0 Å². The fraction of sp³-hybridized carbons (Fsp3) is 0.120. The summed E-state index contributed by atoms with van der Waals surface area (Å²) in [7, 11) is 0. The molecule has 4 aromatic rings. The Labute approximate surface area is 195 Å². The molecule has 1 unspecified atom stereocenters. The van der Waals surface area contributed by atoms with E-state index in [9.17, 15) is 4.79 Å². The molecule has 0 radical (unpaired) electrons. The van der Waals surface area contributed by atoms with E-state index < -0.39 is 5.25 Å². The fourth-order valence-electron chi connectivity index (χ4n) is 3.11. The topological polar surface area (TPSA) is 77.2 Å². The van der Waals surface area contributed by atoms with E-state index in [2.05, 4.69) is 10.3 Å². The first-order chi connectivity index (χ1) is 15.6. The van der Waals surface area contributed by atoms with Gasteiger partial charge in [-0.25, -0.2) is 4.98 Å². The summed E-state index contributed by atoms with van der Waals surface area (Å²) >= 11 is 2.89. The van der Waals surface area contributed by atoms with Gasteiger partial charge in [0.1, 0.15) is 11.0 Å². The molecule has 0 aliphatic heterocycles. The van der Waals surface area contributed by atoms with E-state index in [1.54, 1.807) is 0 Å². The number of carbonyl (C=O) groups excluding carboxylic acids is 1. The number of rotatable bonds is 8. The van der Waals surface area contributed by atoms with E-state index in [1.807, 2.05) is 91.2 Å². The fourth-order valence-corrected chi connectivity index (χ4v) is 4.85. The van der Waals surface area contributed by atoms with Crippen LogP contribution in [0.15, 0.2) is 89.1 Å². The molecular weight excluding hydrogens is 438 g/mol. The summed E-state index contributed by atoms with van der Waals surface area (Å²) in [6, 6.07) is 25.0. The summed E-state index contributed by atoms with van der Waals surface area (Å²) in [5.41, 5.74) is 9.21. The minimum absolute atomic E-state index is 0.120. The number of thiazole rings is 1. The number of ether oxygens (including phenoxy) is 1. The molecule has 5 nitrogen and oxygen atoms in total. The average molecular weight is 462 g/mol. The lowest BCUT2D eigenvalue weighted by molar-refractivity contribution is -0.115. The maximum atomic E-state index is 13.2. The highest BCUT2D eigenvalue weighted by atomic mass is 32.2. The van der Waals surface area contributed by atoms with Gasteiger partial charge in [0, 0.05) is 21.5 Å². The SMILES string of the molecule is CCOc1ccc(-c2csc(NC(=O)C(Sc3ccc(N)cc3)c3ccccc3)n2)cc1. The standard InChI is InChI=1S/C25H23N3O2S2/c1-2-30-20-12-8-17(9-13-20)22-16-31-25(27-22)28-24(29)23(18-6-4-3-5-7-18)32-21-14-10-19(26)11-15-21/h3-16,23H,2,26H2,1H3,(H,27,28,29). The summed E-state index contributed by atoms with van der Waals surface area (Å²) in [6.45, 7) is 2.58. The normalized spacial score (nSPS) is 11.7. The molecular formula is C25H23N3O2S2. The molecule has 3 N–H and O–H groups in total. The molecule has 4 rings (SSSR count). The van der Waals surface area contributed by atoms with Crippen molar-refractivity contribution in [2.45, 2.75) is 17.1 Å². The van der Waals surface area contributed by atoms with E-state index in [0.29, 0.717) is 17.4 Å². The molecule has 1 amide bonds. The number of anilines is 2. The third kappa shape index (κ3) is 5.49. The highest BCUT2D eigenvalue weighted by molar-refractivity contribution is 8.00. The van der Waals surface area contributed by atoms with Gasteiger partial charge in [0.25, 0.3) is 0 Å². The first-order valence-corrected chi connectivity index (χ1v) is 11.9. The molecule has 0 saturated carbocycles. The Bertz CT molecular complexity index is 1160. The van der Waals surface area contributed by atoms with Crippen molar-refractivity contribution in [1.82, 2.24) is 4.98 Å². The minimum Gasteiger partial charge on any atom is -0.494 e. The van der Waals surface area contributed by atoms with Gasteiger partial charge in [0.2, 0.25) is 5.91 Å². The molecule has 0 bridgehead atoms. The van der Waals surface area contributed by atoms with Gasteiger partial charge in [-0.15, -0.1) is 23.1 Å². The molecule has 32 heavy (non-hydrogen) atoms. The van der Waals surface area contributed by atoms with Gasteiger partial charge in [0.05, 0.1) is 12.3 Å². The number of thioether (sulfide) groups is 1. The largest absolute Gasteiger partial charge is 0.494 e. The van der Waals surface area contributed by atoms with Crippen LogP contribution in [0.5, 0.6) is 5.75 Å². The highest BCUT2D eigenvalue weighted by Gasteiger charge is 2.23. The Morgan fingerprint density at radius 1 is 1.06 bits per heavy atom. The van der Waals surface area contributed by atoms with Crippen LogP contribution in [0.2, 0.25) is 0 Å². The van der Waals surface area contributed by atoms with Crippen LogP contribution in [-0.4, -0.2) is 17.5 Å². The van der Waals surface area contributed by atoms with Crippen LogP contribution in [0.25, 0.3) is 11.3 Å². The Morgan fingerprint density at radius 3 is 2.47 bits per heavy atom. The van der Waals surface area contributed by atoms with Crippen LogP contribution in [0.4, 0.5) is 10.8 Å². The van der Waals surface area contributed by atoms with Gasteiger partial charge in [-0.2, -0.15) is 0 Å². The number of nitrogens with one attached hydrogen (secondary N) is 1. The van der Waals surface area contributed by atoms with Crippen LogP contribution >= 0.6 is 23.1 Å². The second-order valence-electron chi connectivity index (χ2n) is 6.96. The summed E-state index contributed by atoms with van der Waals surface area (Å²) in [6.07, 6.45) is 0. The van der Waals surface area contributed by atoms with Gasteiger partial charge in [0.15, 0.2) is 5.13 Å². The van der Waals surface area contributed by atoms with E-state index in [0.717, 1.165) is 27.5 Å². The molecule has 162 valence electrons. The zero-order valence-corrected chi connectivity index (χ0v) is 19.2. The smallest absolute Gasteiger partial charge is 0.244 e. The third-order valence-electron chi connectivity index (χ3n) is 4.67. The first kappa shape index (κ1) is 21.9. The molecule has 0 aliphatic carbocycles. The summed E-state index contributed by atoms with van der Waals surface area (Å²) in [5.74, 6) is 0.705. The maximum absolute atomic E-state index is 13.2. The number of nitrogen functional groups attached to an aromatic ring is 1. The van der Waals surface area contributed by atoms with Crippen molar-refractivity contribution < 1.29 is 9.53 Å². The molecule has 0 saturated heterocycles. The predicted octanol–water partition coefficient (Wildman–Crippen LogP) is 6.26. The molecule has 0 fully saturated rings. The van der Waals surface area contributed by atoms with Crippen LogP contribution in [0.1, 0.15) is 17.7 Å². The number of benzene rings is 3. The molecule has 0 aliphatic rings. The van der Waals surface area contributed by atoms with E-state index in [4.69, 9.17) is 10.5 Å². The molecule has 1 heterocycles. The van der Waals surface area contributed by atoms with Gasteiger partial charge in [-0.1, -0.05) is 30.3 Å². The van der Waals surface area contributed by atoms with Crippen molar-refractivity contribution in [3.8, 4) is 17.0 Å². The number of carbonyl (C=O) groups is 1. The highest BCUT2D eigenvalue weighted by Crippen LogP contribution is 2.37. The summed E-state index contributed by atoms with van der Waals surface area (Å²) in [4.78, 5) is 18.8. The number of amides is 1. The van der Waals surface area contributed by atoms with Crippen molar-refractivity contribution in [2.24, 2.45) is 0 Å². The molecule has 1 aromatic heterocycles. The number of hydrogen-bond donors (Lipinski definition) is 2. The quantitative estimate of drug-likeness (QED) is 0.239. The molecule has 1 atom stereocenters. The lowest BCUT2D eigenvalue weighted by atomic mass is 10.1. The second-order valence-corrected chi connectivity index (χ2v) is 9.00. The minimum atomic E-state index is -0.419. The monoisotopic (exact) mass is 461 g/mol. The zero-order chi connectivity index (χ0) is 22.3. The zero-order valence-electron chi connectivity index (χ0n) is 17.5. The lowest BCUT2D eigenvalue weighted by Crippen LogP contribution is -2.18. The number of aromatic nitrogens is 1. The van der Waals surface area contributed by atoms with Gasteiger partial charge in [-0.3, -0.25) is 4.79 Å². The molecule has 3 aromatic carbocycles. The van der Waals surface area contributed by atoms with Gasteiger partial charge >= 0.3 is 0 Å². The van der Waals surface area contributed by atoms with Crippen molar-refractivity contribution >= 4 is 39.8 Å². The molecule has 0 spiro atoms. The third-order valence-corrected chi connectivity index (χ3v) is 6.69.